The Hall–Kier alpha value is -0.690. The van der Waals surface area contributed by atoms with Crippen molar-refractivity contribution in [1.29, 1.82) is 0 Å². The lowest BCUT2D eigenvalue weighted by molar-refractivity contribution is 0.554. The third-order valence-corrected chi connectivity index (χ3v) is 2.80. The molecule has 4 nitrogen and oxygen atoms in total. The van der Waals surface area contributed by atoms with Gasteiger partial charge in [-0.25, -0.2) is 4.98 Å². The number of rotatable bonds is 1. The minimum Gasteiger partial charge on any atom is -0.375 e. The highest BCUT2D eigenvalue weighted by Gasteiger charge is 2.14. The molecule has 0 spiro atoms. The molecule has 0 radical (unpaired) electrons. The first-order valence-electron chi connectivity index (χ1n) is 2.16. The minimum atomic E-state index is -4.61. The zero-order chi connectivity index (χ0) is 7.78. The third-order valence-electron chi connectivity index (χ3n) is 0.743. The van der Waals surface area contributed by atoms with E-state index in [1.54, 1.807) is 0 Å². The number of halogens is 1. The van der Waals surface area contributed by atoms with Crippen molar-refractivity contribution in [2.75, 3.05) is 5.73 Å². The molecule has 0 unspecified atom stereocenters. The summed E-state index contributed by atoms with van der Waals surface area (Å²) in [6, 6.07) is 0. The van der Waals surface area contributed by atoms with Crippen molar-refractivity contribution < 1.29 is 12.3 Å². The first-order chi connectivity index (χ1) is 4.50. The average molecular weight is 182 g/mol. The zero-order valence-corrected chi connectivity index (χ0v) is 6.25. The molecule has 0 aromatic carbocycles. The minimum absolute atomic E-state index is 0.0382. The number of hydrogen-bond donors (Lipinski definition) is 1. The molecule has 0 aliphatic carbocycles. The molecule has 1 heterocycles. The van der Waals surface area contributed by atoms with Crippen LogP contribution < -0.4 is 5.73 Å². The fourth-order valence-electron chi connectivity index (χ4n) is 0.385. The largest absolute Gasteiger partial charge is 0.375 e. The molecule has 0 bridgehead atoms. The summed E-state index contributed by atoms with van der Waals surface area (Å²) in [6.45, 7) is 0. The molecule has 1 rings (SSSR count). The van der Waals surface area contributed by atoms with E-state index in [0.717, 1.165) is 6.20 Å². The Morgan fingerprint density at radius 2 is 2.30 bits per heavy atom. The van der Waals surface area contributed by atoms with Gasteiger partial charge in [-0.1, -0.05) is 15.2 Å². The summed E-state index contributed by atoms with van der Waals surface area (Å²) in [4.78, 5) is 3.36. The lowest BCUT2D eigenvalue weighted by atomic mass is 11.0. The van der Waals surface area contributed by atoms with Gasteiger partial charge < -0.3 is 5.73 Å². The van der Waals surface area contributed by atoms with Gasteiger partial charge in [0.25, 0.3) is 0 Å². The van der Waals surface area contributed by atoms with Crippen molar-refractivity contribution in [2.24, 2.45) is 0 Å². The van der Waals surface area contributed by atoms with Crippen LogP contribution in [-0.4, -0.2) is 13.4 Å². The molecule has 56 valence electrons. The second kappa shape index (κ2) is 2.17. The molecule has 10 heavy (non-hydrogen) atoms. The molecule has 1 aromatic rings. The van der Waals surface area contributed by atoms with E-state index in [9.17, 15) is 12.3 Å². The lowest BCUT2D eigenvalue weighted by Crippen LogP contribution is -1.85. The van der Waals surface area contributed by atoms with Gasteiger partial charge in [-0.05, 0) is 0 Å². The van der Waals surface area contributed by atoms with Crippen LogP contribution in [-0.2, 0) is 10.2 Å². The number of aromatic nitrogens is 1. The van der Waals surface area contributed by atoms with Gasteiger partial charge in [0.05, 0.1) is 6.20 Å². The van der Waals surface area contributed by atoms with E-state index in [2.05, 4.69) is 4.98 Å². The topological polar surface area (TPSA) is 73.0 Å². The smallest absolute Gasteiger partial charge is 0.343 e. The van der Waals surface area contributed by atoms with Gasteiger partial charge in [0.2, 0.25) is 0 Å². The second-order valence-electron chi connectivity index (χ2n) is 1.46. The monoisotopic (exact) mass is 182 g/mol. The highest BCUT2D eigenvalue weighted by molar-refractivity contribution is 7.88. The van der Waals surface area contributed by atoms with E-state index in [-0.39, 0.29) is 5.13 Å². The molecule has 0 amide bonds. The van der Waals surface area contributed by atoms with E-state index < -0.39 is 14.4 Å². The Balaban J connectivity index is 3.21. The Kier molecular flexibility index (Phi) is 1.61. The second-order valence-corrected chi connectivity index (χ2v) is 4.09. The van der Waals surface area contributed by atoms with Gasteiger partial charge in [0.1, 0.15) is 0 Å². The molecule has 2 N–H and O–H groups in total. The van der Waals surface area contributed by atoms with Crippen LogP contribution in [0, 0.1) is 0 Å². The first-order valence-corrected chi connectivity index (χ1v) is 4.36. The van der Waals surface area contributed by atoms with Crippen molar-refractivity contribution in [2.45, 2.75) is 4.21 Å². The van der Waals surface area contributed by atoms with Gasteiger partial charge in [-0.3, -0.25) is 0 Å². The van der Waals surface area contributed by atoms with Gasteiger partial charge >= 0.3 is 10.2 Å². The maximum atomic E-state index is 12.0. The van der Waals surface area contributed by atoms with Gasteiger partial charge in [0.15, 0.2) is 9.34 Å². The number of nitrogens with two attached hydrogens (primary N) is 1. The van der Waals surface area contributed by atoms with Crippen molar-refractivity contribution in [3.05, 3.63) is 6.20 Å². The normalized spacial score (nSPS) is 11.7. The van der Waals surface area contributed by atoms with Gasteiger partial charge in [-0.15, -0.1) is 0 Å². The predicted molar refractivity (Wildman–Crippen MR) is 34.8 cm³/mol. The molecule has 0 saturated carbocycles. The van der Waals surface area contributed by atoms with E-state index in [1.807, 2.05) is 0 Å². The standard InChI is InChI=1S/C3H3FN2O2S2/c4-10(7,8)2-1-6-3(5)9-2/h1H,(H2,5,6). The summed E-state index contributed by atoms with van der Waals surface area (Å²) in [5.74, 6) is 0. The summed E-state index contributed by atoms with van der Waals surface area (Å²) in [7, 11) is -4.61. The van der Waals surface area contributed by atoms with Crippen LogP contribution in [0.1, 0.15) is 0 Å². The van der Waals surface area contributed by atoms with Crippen LogP contribution >= 0.6 is 11.3 Å². The van der Waals surface area contributed by atoms with Gasteiger partial charge in [0, 0.05) is 0 Å². The Morgan fingerprint density at radius 3 is 2.50 bits per heavy atom. The number of hydrogen-bond acceptors (Lipinski definition) is 5. The molecule has 0 saturated heterocycles. The van der Waals surface area contributed by atoms with Crippen molar-refractivity contribution in [3.63, 3.8) is 0 Å². The number of thiazole rings is 1. The van der Waals surface area contributed by atoms with Crippen LogP contribution in [0.3, 0.4) is 0 Å². The lowest BCUT2D eigenvalue weighted by Gasteiger charge is -1.80. The number of nitrogen functional groups attached to an aromatic ring is 1. The van der Waals surface area contributed by atoms with Crippen molar-refractivity contribution in [3.8, 4) is 0 Å². The molecule has 7 heteroatoms. The Bertz CT molecular complexity index is 330. The van der Waals surface area contributed by atoms with Crippen LogP contribution in [0.5, 0.6) is 0 Å². The maximum Gasteiger partial charge on any atom is 0.343 e. The van der Waals surface area contributed by atoms with Gasteiger partial charge in [-0.2, -0.15) is 8.42 Å². The summed E-state index contributed by atoms with van der Waals surface area (Å²) in [6.07, 6.45) is 0.884. The summed E-state index contributed by atoms with van der Waals surface area (Å²) < 4.78 is 31.8. The SMILES string of the molecule is Nc1ncc(S(=O)(=O)F)s1. The fourth-order valence-corrected chi connectivity index (χ4v) is 1.63. The number of anilines is 1. The fraction of sp³-hybridized carbons (Fsp3) is 0. The molecule has 0 aliphatic heterocycles. The Morgan fingerprint density at radius 1 is 1.70 bits per heavy atom. The van der Waals surface area contributed by atoms with E-state index in [4.69, 9.17) is 5.73 Å². The quantitative estimate of drug-likeness (QED) is 0.637. The van der Waals surface area contributed by atoms with E-state index in [0.29, 0.717) is 11.3 Å². The maximum absolute atomic E-state index is 12.0. The average Bonchev–Trinajstić information content (AvgIpc) is 2.11. The molecular formula is C3H3FN2O2S2. The Labute approximate surface area is 60.7 Å². The summed E-state index contributed by atoms with van der Waals surface area (Å²) in [5, 5.41) is 0.0382. The van der Waals surface area contributed by atoms with Crippen LogP contribution in [0.15, 0.2) is 10.4 Å². The van der Waals surface area contributed by atoms with Crippen LogP contribution in [0.2, 0.25) is 0 Å². The highest BCUT2D eigenvalue weighted by Crippen LogP contribution is 2.21. The molecule has 0 fully saturated rings. The zero-order valence-electron chi connectivity index (χ0n) is 4.61. The predicted octanol–water partition coefficient (Wildman–Crippen LogP) is 0.384. The van der Waals surface area contributed by atoms with Crippen LogP contribution in [0.4, 0.5) is 9.02 Å². The number of nitrogens with zero attached hydrogens (tertiary/aromatic N) is 1. The van der Waals surface area contributed by atoms with E-state index >= 15 is 0 Å². The molecule has 0 aliphatic rings. The van der Waals surface area contributed by atoms with Crippen molar-refractivity contribution >= 4 is 26.7 Å². The molecule has 1 aromatic heterocycles. The molecule has 0 atom stereocenters. The highest BCUT2D eigenvalue weighted by atomic mass is 32.3. The molecular weight excluding hydrogens is 179 g/mol. The third kappa shape index (κ3) is 1.42. The van der Waals surface area contributed by atoms with Crippen molar-refractivity contribution in [1.82, 2.24) is 4.98 Å². The summed E-state index contributed by atoms with van der Waals surface area (Å²) in [5.41, 5.74) is 5.05. The van der Waals surface area contributed by atoms with Crippen LogP contribution in [0.25, 0.3) is 0 Å². The van der Waals surface area contributed by atoms with E-state index in [1.165, 1.54) is 0 Å². The first kappa shape index (κ1) is 7.42. The summed E-state index contributed by atoms with van der Waals surface area (Å²) >= 11 is 0.598.